The Morgan fingerprint density at radius 3 is 2.63 bits per heavy atom. The molecular weight excluding hydrogens is 493 g/mol. The molecule has 0 unspecified atom stereocenters. The highest BCUT2D eigenvalue weighted by atomic mass is 19.1. The molecule has 5 rings (SSSR count). The van der Waals surface area contributed by atoms with E-state index in [1.807, 2.05) is 0 Å². The van der Waals surface area contributed by atoms with E-state index in [0.717, 1.165) is 11.1 Å². The van der Waals surface area contributed by atoms with Gasteiger partial charge in [0.1, 0.15) is 17.2 Å². The summed E-state index contributed by atoms with van der Waals surface area (Å²) in [6.07, 6.45) is 2.42. The molecular formula is C27H24FN5O5. The number of hydrogen-bond acceptors (Lipinski definition) is 6. The van der Waals surface area contributed by atoms with Crippen LogP contribution < -0.4 is 10.6 Å². The van der Waals surface area contributed by atoms with Crippen LogP contribution in [-0.2, 0) is 13.0 Å². The molecule has 0 aliphatic heterocycles. The molecule has 2 heterocycles. The number of carbonyl (C=O) groups excluding carboxylic acids is 2. The van der Waals surface area contributed by atoms with Crippen molar-refractivity contribution in [1.82, 2.24) is 25.0 Å². The van der Waals surface area contributed by atoms with E-state index in [2.05, 4.69) is 20.6 Å². The number of carbonyl (C=O) groups is 3. The average Bonchev–Trinajstić information content (AvgIpc) is 3.46. The first-order chi connectivity index (χ1) is 18.1. The smallest absolute Gasteiger partial charge is 0.335 e. The standard InChI is InChI=1S/C27H24FN5O5/c1-13-9-15(3-7-19(13)28)11-29-24(35)21-10-22(33-12-23(34)32-27(33)31-21)25(36)30-20-8-6-16-14(2)17(26(37)38)4-5-18(16)20/h3-5,7,9-10,12,20,34H,6,8,11H2,1-2H3,(H,29,35)(H,30,36)(H,37,38)/t20-/m0/s1. The molecule has 38 heavy (non-hydrogen) atoms. The van der Waals surface area contributed by atoms with Crippen molar-refractivity contribution in [3.05, 3.63) is 93.2 Å². The van der Waals surface area contributed by atoms with Gasteiger partial charge in [0, 0.05) is 6.54 Å². The Kier molecular flexibility index (Phi) is 6.27. The topological polar surface area (TPSA) is 146 Å². The first-order valence-electron chi connectivity index (χ1n) is 11.9. The minimum atomic E-state index is -1.00. The predicted molar refractivity (Wildman–Crippen MR) is 134 cm³/mol. The van der Waals surface area contributed by atoms with Crippen molar-refractivity contribution in [2.45, 2.75) is 39.3 Å². The van der Waals surface area contributed by atoms with Gasteiger partial charge in [0.2, 0.25) is 11.7 Å². The lowest BCUT2D eigenvalue weighted by molar-refractivity contribution is 0.0695. The lowest BCUT2D eigenvalue weighted by atomic mass is 9.98. The molecule has 194 valence electrons. The SMILES string of the molecule is Cc1cc(CNC(=O)c2cc(C(=O)N[C@H]3CCc4c3ccc(C(=O)O)c4C)n3cc(O)nc3n2)ccc1F. The normalized spacial score (nSPS) is 14.3. The van der Waals surface area contributed by atoms with Crippen LogP contribution in [0.15, 0.2) is 42.6 Å². The van der Waals surface area contributed by atoms with E-state index < -0.39 is 17.8 Å². The highest BCUT2D eigenvalue weighted by Gasteiger charge is 2.29. The molecule has 2 aromatic carbocycles. The number of carboxylic acid groups (broad SMARTS) is 1. The summed E-state index contributed by atoms with van der Waals surface area (Å²) < 4.78 is 14.8. The number of amides is 2. The second-order valence-corrected chi connectivity index (χ2v) is 9.24. The Bertz CT molecular complexity index is 1630. The summed E-state index contributed by atoms with van der Waals surface area (Å²) in [5, 5.41) is 25.0. The molecule has 0 radical (unpaired) electrons. The lowest BCUT2D eigenvalue weighted by Crippen LogP contribution is -2.30. The summed E-state index contributed by atoms with van der Waals surface area (Å²) in [7, 11) is 0. The maximum absolute atomic E-state index is 13.5. The van der Waals surface area contributed by atoms with Crippen LogP contribution >= 0.6 is 0 Å². The van der Waals surface area contributed by atoms with E-state index in [9.17, 15) is 29.0 Å². The van der Waals surface area contributed by atoms with Gasteiger partial charge in [0.15, 0.2) is 0 Å². The van der Waals surface area contributed by atoms with Crippen LogP contribution in [0, 0.1) is 19.7 Å². The summed E-state index contributed by atoms with van der Waals surface area (Å²) in [6.45, 7) is 3.50. The third-order valence-corrected chi connectivity index (χ3v) is 6.80. The van der Waals surface area contributed by atoms with Gasteiger partial charge >= 0.3 is 5.97 Å². The molecule has 0 bridgehead atoms. The van der Waals surface area contributed by atoms with E-state index in [0.29, 0.717) is 29.5 Å². The van der Waals surface area contributed by atoms with Crippen LogP contribution in [-0.4, -0.2) is 42.4 Å². The molecule has 4 aromatic rings. The summed E-state index contributed by atoms with van der Waals surface area (Å²) in [6, 6.07) is 8.70. The van der Waals surface area contributed by atoms with E-state index in [1.165, 1.54) is 28.8 Å². The van der Waals surface area contributed by atoms with Gasteiger partial charge in [-0.05, 0) is 72.7 Å². The average molecular weight is 518 g/mol. The number of halogens is 1. The molecule has 11 heteroatoms. The Morgan fingerprint density at radius 1 is 1.11 bits per heavy atom. The van der Waals surface area contributed by atoms with Gasteiger partial charge in [-0.2, -0.15) is 4.98 Å². The highest BCUT2D eigenvalue weighted by molar-refractivity contribution is 5.98. The first-order valence-corrected chi connectivity index (χ1v) is 11.9. The summed E-state index contributed by atoms with van der Waals surface area (Å²) >= 11 is 0. The number of aromatic hydroxyl groups is 1. The molecule has 1 atom stereocenters. The zero-order valence-corrected chi connectivity index (χ0v) is 20.6. The molecule has 0 saturated heterocycles. The maximum Gasteiger partial charge on any atom is 0.335 e. The highest BCUT2D eigenvalue weighted by Crippen LogP contribution is 2.35. The van der Waals surface area contributed by atoms with Crippen molar-refractivity contribution in [2.24, 2.45) is 0 Å². The number of imidazole rings is 1. The van der Waals surface area contributed by atoms with Gasteiger partial charge in [-0.15, -0.1) is 0 Å². The van der Waals surface area contributed by atoms with Gasteiger partial charge in [0.25, 0.3) is 11.8 Å². The van der Waals surface area contributed by atoms with Crippen LogP contribution in [0.3, 0.4) is 0 Å². The Balaban J connectivity index is 1.40. The number of rotatable bonds is 6. The van der Waals surface area contributed by atoms with Crippen molar-refractivity contribution in [3.8, 4) is 5.88 Å². The fraction of sp³-hybridized carbons (Fsp3) is 0.222. The molecule has 2 amide bonds. The Morgan fingerprint density at radius 2 is 1.89 bits per heavy atom. The Hall–Kier alpha value is -4.80. The largest absolute Gasteiger partial charge is 0.492 e. The zero-order valence-electron chi connectivity index (χ0n) is 20.6. The third-order valence-electron chi connectivity index (χ3n) is 6.80. The van der Waals surface area contributed by atoms with Crippen molar-refractivity contribution >= 4 is 23.6 Å². The molecule has 1 aliphatic rings. The second kappa shape index (κ2) is 9.58. The molecule has 0 fully saturated rings. The van der Waals surface area contributed by atoms with Crippen molar-refractivity contribution in [3.63, 3.8) is 0 Å². The summed E-state index contributed by atoms with van der Waals surface area (Å²) in [4.78, 5) is 45.8. The number of aromatic nitrogens is 3. The monoisotopic (exact) mass is 517 g/mol. The van der Waals surface area contributed by atoms with Crippen molar-refractivity contribution in [2.75, 3.05) is 0 Å². The number of aromatic carboxylic acids is 1. The second-order valence-electron chi connectivity index (χ2n) is 9.24. The van der Waals surface area contributed by atoms with E-state index in [4.69, 9.17) is 0 Å². The zero-order chi connectivity index (χ0) is 27.1. The van der Waals surface area contributed by atoms with E-state index in [-0.39, 0.29) is 47.0 Å². The number of nitrogens with zero attached hydrogens (tertiary/aromatic N) is 3. The summed E-state index contributed by atoms with van der Waals surface area (Å²) in [5.74, 6) is -2.84. The number of benzene rings is 2. The molecule has 0 spiro atoms. The van der Waals surface area contributed by atoms with Gasteiger partial charge in [0.05, 0.1) is 17.8 Å². The molecule has 4 N–H and O–H groups in total. The van der Waals surface area contributed by atoms with Gasteiger partial charge in [-0.25, -0.2) is 14.2 Å². The van der Waals surface area contributed by atoms with Crippen LogP contribution in [0.4, 0.5) is 4.39 Å². The maximum atomic E-state index is 13.5. The van der Waals surface area contributed by atoms with Crippen LogP contribution in [0.25, 0.3) is 5.78 Å². The van der Waals surface area contributed by atoms with Gasteiger partial charge < -0.3 is 20.8 Å². The molecule has 1 aliphatic carbocycles. The summed E-state index contributed by atoms with van der Waals surface area (Å²) in [5.41, 5.74) is 3.74. The minimum absolute atomic E-state index is 0.0355. The van der Waals surface area contributed by atoms with E-state index in [1.54, 1.807) is 32.0 Å². The fourth-order valence-electron chi connectivity index (χ4n) is 4.83. The number of aryl methyl sites for hydroxylation is 1. The third kappa shape index (κ3) is 4.54. The van der Waals surface area contributed by atoms with Crippen molar-refractivity contribution < 1.29 is 29.0 Å². The van der Waals surface area contributed by atoms with Gasteiger partial charge in [-0.3, -0.25) is 14.0 Å². The van der Waals surface area contributed by atoms with E-state index >= 15 is 0 Å². The quantitative estimate of drug-likeness (QED) is 0.307. The predicted octanol–water partition coefficient (Wildman–Crippen LogP) is 3.24. The number of hydrogen-bond donors (Lipinski definition) is 4. The van der Waals surface area contributed by atoms with Crippen LogP contribution in [0.2, 0.25) is 0 Å². The molecule has 10 nitrogen and oxygen atoms in total. The fourth-order valence-corrected chi connectivity index (χ4v) is 4.83. The number of fused-ring (bicyclic) bond motifs is 2. The molecule has 0 saturated carbocycles. The minimum Gasteiger partial charge on any atom is -0.492 e. The van der Waals surface area contributed by atoms with Crippen LogP contribution in [0.5, 0.6) is 5.88 Å². The van der Waals surface area contributed by atoms with Gasteiger partial charge in [-0.1, -0.05) is 18.2 Å². The lowest BCUT2D eigenvalue weighted by Gasteiger charge is -2.16. The molecule has 2 aromatic heterocycles. The van der Waals surface area contributed by atoms with Crippen molar-refractivity contribution in [1.29, 1.82) is 0 Å². The Labute approximate surface area is 216 Å². The number of nitrogens with one attached hydrogen (secondary N) is 2. The first kappa shape index (κ1) is 24.9. The van der Waals surface area contributed by atoms with Crippen LogP contribution in [0.1, 0.15) is 71.6 Å². The number of carboxylic acids is 1.